The molecule has 1 unspecified atom stereocenters. The Morgan fingerprint density at radius 3 is 2.48 bits per heavy atom. The topological polar surface area (TPSA) is 112 Å². The van der Waals surface area contributed by atoms with Crippen LogP contribution in [0.25, 0.3) is 21.9 Å². The lowest BCUT2D eigenvalue weighted by molar-refractivity contribution is -0.143. The van der Waals surface area contributed by atoms with E-state index in [4.69, 9.17) is 14.9 Å². The normalized spacial score (nSPS) is 13.4. The largest absolute Gasteiger partial charge is 0.468 e. The number of nitrogens with one attached hydrogen (secondary N) is 1. The number of carbonyl (C=O) groups is 1. The van der Waals surface area contributed by atoms with E-state index in [0.717, 1.165) is 5.39 Å². The van der Waals surface area contributed by atoms with E-state index < -0.39 is 22.0 Å². The van der Waals surface area contributed by atoms with Crippen molar-refractivity contribution >= 4 is 59.5 Å². The fourth-order valence-electron chi connectivity index (χ4n) is 2.78. The van der Waals surface area contributed by atoms with Gasteiger partial charge in [0.15, 0.2) is 0 Å². The monoisotopic (exact) mass is 454 g/mol. The molecule has 3 rings (SSSR count). The summed E-state index contributed by atoms with van der Waals surface area (Å²) in [5.74, 6) is -0.910. The maximum absolute atomic E-state index is 12.8. The maximum Gasteiger partial charge on any atom is 0.324 e. The van der Waals surface area contributed by atoms with E-state index in [-0.39, 0.29) is 10.8 Å². The molecule has 0 aliphatic carbocycles. The van der Waals surface area contributed by atoms with Crippen LogP contribution in [0.4, 0.5) is 5.69 Å². The number of fused-ring (bicyclic) bond motifs is 3. The molecule has 0 spiro atoms. The highest BCUT2D eigenvalue weighted by atomic mass is 79.9. The fourth-order valence-corrected chi connectivity index (χ4v) is 4.48. The standard InChI is InChI=1S/C18H19BrN2O5S/c1-9(2)17(18(22)25-3)21-27(23,24)10-4-5-15-11(6-10)12-7-13(19)14(20)8-16(12)26-15/h4-9,17,21H,20H2,1-3H3. The first-order valence-corrected chi connectivity index (χ1v) is 10.4. The third-order valence-electron chi connectivity index (χ3n) is 4.27. The van der Waals surface area contributed by atoms with Crippen LogP contribution in [0.2, 0.25) is 0 Å². The highest BCUT2D eigenvalue weighted by Gasteiger charge is 2.29. The first kappa shape index (κ1) is 19.7. The van der Waals surface area contributed by atoms with Crippen molar-refractivity contribution < 1.29 is 22.4 Å². The summed E-state index contributed by atoms with van der Waals surface area (Å²) in [5.41, 5.74) is 7.49. The van der Waals surface area contributed by atoms with Crippen LogP contribution in [0.5, 0.6) is 0 Å². The molecule has 0 aliphatic rings. The second-order valence-electron chi connectivity index (χ2n) is 6.50. The molecular formula is C18H19BrN2O5S. The lowest BCUT2D eigenvalue weighted by Crippen LogP contribution is -2.44. The van der Waals surface area contributed by atoms with Crippen LogP contribution in [0, 0.1) is 5.92 Å². The molecule has 3 N–H and O–H groups in total. The van der Waals surface area contributed by atoms with E-state index in [1.165, 1.54) is 19.2 Å². The van der Waals surface area contributed by atoms with Gasteiger partial charge in [0, 0.05) is 27.0 Å². The number of ether oxygens (including phenoxy) is 1. The van der Waals surface area contributed by atoms with Gasteiger partial charge < -0.3 is 14.9 Å². The zero-order chi connectivity index (χ0) is 19.9. The number of nitrogens with two attached hydrogens (primary N) is 1. The van der Waals surface area contributed by atoms with Crippen molar-refractivity contribution in [2.24, 2.45) is 5.92 Å². The molecule has 27 heavy (non-hydrogen) atoms. The zero-order valence-corrected chi connectivity index (χ0v) is 17.3. The van der Waals surface area contributed by atoms with E-state index in [0.29, 0.717) is 26.7 Å². The predicted octanol–water partition coefficient (Wildman–Crippen LogP) is 3.41. The number of hydrogen-bond donors (Lipinski definition) is 2. The molecule has 1 aromatic heterocycles. The summed E-state index contributed by atoms with van der Waals surface area (Å²) in [6, 6.07) is 7.01. The second kappa shape index (κ2) is 7.14. The summed E-state index contributed by atoms with van der Waals surface area (Å²) in [6.45, 7) is 3.47. The van der Waals surface area contributed by atoms with Gasteiger partial charge in [-0.3, -0.25) is 4.79 Å². The quantitative estimate of drug-likeness (QED) is 0.451. The third kappa shape index (κ3) is 3.67. The molecule has 3 aromatic rings. The fraction of sp³-hybridized carbons (Fsp3) is 0.278. The van der Waals surface area contributed by atoms with Crippen molar-refractivity contribution in [3.63, 3.8) is 0 Å². The highest BCUT2D eigenvalue weighted by molar-refractivity contribution is 9.10. The molecule has 144 valence electrons. The second-order valence-corrected chi connectivity index (χ2v) is 9.06. The van der Waals surface area contributed by atoms with Gasteiger partial charge in [-0.05, 0) is 46.1 Å². The maximum atomic E-state index is 12.8. The van der Waals surface area contributed by atoms with E-state index in [2.05, 4.69) is 20.7 Å². The summed E-state index contributed by atoms with van der Waals surface area (Å²) in [5, 5.41) is 1.37. The van der Waals surface area contributed by atoms with Gasteiger partial charge in [0.25, 0.3) is 0 Å². The lowest BCUT2D eigenvalue weighted by atomic mass is 10.1. The summed E-state index contributed by atoms with van der Waals surface area (Å²) >= 11 is 3.37. The molecule has 0 radical (unpaired) electrons. The SMILES string of the molecule is COC(=O)C(NS(=O)(=O)c1ccc2oc3cc(N)c(Br)cc3c2c1)C(C)C. The zero-order valence-electron chi connectivity index (χ0n) is 14.9. The van der Waals surface area contributed by atoms with Crippen molar-refractivity contribution in [3.05, 3.63) is 34.8 Å². The minimum atomic E-state index is -3.94. The van der Waals surface area contributed by atoms with Crippen LogP contribution in [-0.2, 0) is 19.6 Å². The molecule has 0 saturated carbocycles. The van der Waals surface area contributed by atoms with Gasteiger partial charge >= 0.3 is 5.97 Å². The van der Waals surface area contributed by atoms with Crippen molar-refractivity contribution in [2.45, 2.75) is 24.8 Å². The number of furan rings is 1. The number of rotatable bonds is 5. The van der Waals surface area contributed by atoms with Gasteiger partial charge in [-0.25, -0.2) is 8.42 Å². The molecule has 0 aliphatic heterocycles. The van der Waals surface area contributed by atoms with Crippen LogP contribution < -0.4 is 10.5 Å². The number of nitrogen functional groups attached to an aromatic ring is 1. The van der Waals surface area contributed by atoms with E-state index in [9.17, 15) is 13.2 Å². The minimum absolute atomic E-state index is 0.0280. The summed E-state index contributed by atoms with van der Waals surface area (Å²) in [7, 11) is -2.72. The number of benzene rings is 2. The van der Waals surface area contributed by atoms with Crippen LogP contribution in [0.3, 0.4) is 0 Å². The average Bonchev–Trinajstić information content (AvgIpc) is 2.96. The van der Waals surface area contributed by atoms with Gasteiger partial charge in [0.2, 0.25) is 10.0 Å². The minimum Gasteiger partial charge on any atom is -0.468 e. The van der Waals surface area contributed by atoms with Gasteiger partial charge in [-0.15, -0.1) is 0 Å². The number of anilines is 1. The molecule has 2 aromatic carbocycles. The molecule has 1 atom stereocenters. The van der Waals surface area contributed by atoms with Crippen molar-refractivity contribution in [1.82, 2.24) is 4.72 Å². The number of halogens is 1. The number of carbonyl (C=O) groups excluding carboxylic acids is 1. The van der Waals surface area contributed by atoms with Crippen molar-refractivity contribution in [1.29, 1.82) is 0 Å². The third-order valence-corrected chi connectivity index (χ3v) is 6.40. The molecule has 9 heteroatoms. The Morgan fingerprint density at radius 1 is 1.19 bits per heavy atom. The molecule has 1 heterocycles. The molecule has 0 fully saturated rings. The van der Waals surface area contributed by atoms with Crippen LogP contribution in [-0.4, -0.2) is 27.5 Å². The highest BCUT2D eigenvalue weighted by Crippen LogP contribution is 2.35. The summed E-state index contributed by atoms with van der Waals surface area (Å²) in [6.07, 6.45) is 0. The smallest absolute Gasteiger partial charge is 0.324 e. The Labute approximate surface area is 165 Å². The molecule has 0 bridgehead atoms. The van der Waals surface area contributed by atoms with Gasteiger partial charge in [0.05, 0.1) is 12.0 Å². The first-order chi connectivity index (χ1) is 12.6. The first-order valence-electron chi connectivity index (χ1n) is 8.15. The van der Waals surface area contributed by atoms with Gasteiger partial charge in [0.1, 0.15) is 17.2 Å². The van der Waals surface area contributed by atoms with Crippen LogP contribution >= 0.6 is 15.9 Å². The summed E-state index contributed by atoms with van der Waals surface area (Å²) < 4.78 is 39.2. The van der Waals surface area contributed by atoms with E-state index in [1.54, 1.807) is 32.0 Å². The van der Waals surface area contributed by atoms with Crippen LogP contribution in [0.1, 0.15) is 13.8 Å². The van der Waals surface area contributed by atoms with E-state index >= 15 is 0 Å². The Hall–Kier alpha value is -2.10. The number of methoxy groups -OCH3 is 1. The lowest BCUT2D eigenvalue weighted by Gasteiger charge is -2.19. The average molecular weight is 455 g/mol. The molecule has 0 amide bonds. The van der Waals surface area contributed by atoms with Crippen molar-refractivity contribution in [2.75, 3.05) is 12.8 Å². The number of hydrogen-bond acceptors (Lipinski definition) is 6. The Balaban J connectivity index is 2.09. The Kier molecular flexibility index (Phi) is 5.20. The molecule has 0 saturated heterocycles. The van der Waals surface area contributed by atoms with Crippen LogP contribution in [0.15, 0.2) is 44.1 Å². The molecular weight excluding hydrogens is 436 g/mol. The number of sulfonamides is 1. The van der Waals surface area contributed by atoms with Gasteiger partial charge in [-0.1, -0.05) is 13.8 Å². The van der Waals surface area contributed by atoms with E-state index in [1.807, 2.05) is 0 Å². The molecule has 7 nitrogen and oxygen atoms in total. The Bertz CT molecular complexity index is 1140. The summed E-state index contributed by atoms with van der Waals surface area (Å²) in [4.78, 5) is 11.9. The van der Waals surface area contributed by atoms with Crippen molar-refractivity contribution in [3.8, 4) is 0 Å². The number of esters is 1. The van der Waals surface area contributed by atoms with Gasteiger partial charge in [-0.2, -0.15) is 4.72 Å². The predicted molar refractivity (Wildman–Crippen MR) is 107 cm³/mol. The Morgan fingerprint density at radius 2 is 1.85 bits per heavy atom.